The number of anilines is 3. The Morgan fingerprint density at radius 3 is 2.12 bits per heavy atom. The molecule has 0 saturated carbocycles. The zero-order chi connectivity index (χ0) is 18.4. The molecule has 1 aromatic heterocycles. The lowest BCUT2D eigenvalue weighted by atomic mass is 10.2. The van der Waals surface area contributed by atoms with Crippen LogP contribution in [-0.2, 0) is 4.79 Å². The number of hydrogen-bond acceptors (Lipinski definition) is 4. The summed E-state index contributed by atoms with van der Waals surface area (Å²) in [5.74, 6) is 0.894. The van der Waals surface area contributed by atoms with Crippen molar-refractivity contribution in [2.24, 2.45) is 0 Å². The van der Waals surface area contributed by atoms with Crippen molar-refractivity contribution >= 4 is 23.1 Å². The molecule has 5 nitrogen and oxygen atoms in total. The second kappa shape index (κ2) is 8.16. The van der Waals surface area contributed by atoms with E-state index in [1.165, 1.54) is 5.56 Å². The zero-order valence-electron chi connectivity index (χ0n) is 14.8. The molecule has 132 valence electrons. The van der Waals surface area contributed by atoms with Gasteiger partial charge in [-0.05, 0) is 50.2 Å². The Balaban J connectivity index is 1.50. The number of nitrogens with zero attached hydrogens (tertiary/aromatic N) is 1. The van der Waals surface area contributed by atoms with Gasteiger partial charge in [-0.1, -0.05) is 35.4 Å². The first-order valence-corrected chi connectivity index (χ1v) is 8.37. The summed E-state index contributed by atoms with van der Waals surface area (Å²) in [6, 6.07) is 19.3. The van der Waals surface area contributed by atoms with Gasteiger partial charge in [-0.3, -0.25) is 4.79 Å². The lowest BCUT2D eigenvalue weighted by molar-refractivity contribution is -0.118. The number of carbonyl (C=O) groups is 1. The molecule has 0 radical (unpaired) electrons. The third kappa shape index (κ3) is 5.08. The van der Waals surface area contributed by atoms with E-state index in [0.717, 1.165) is 16.9 Å². The average Bonchev–Trinajstić information content (AvgIpc) is 2.65. The van der Waals surface area contributed by atoms with Gasteiger partial charge in [0.15, 0.2) is 6.61 Å². The zero-order valence-corrected chi connectivity index (χ0v) is 14.8. The lowest BCUT2D eigenvalue weighted by Gasteiger charge is -2.09. The van der Waals surface area contributed by atoms with Crippen LogP contribution in [0.25, 0.3) is 0 Å². The highest BCUT2D eigenvalue weighted by atomic mass is 16.5. The molecule has 0 fully saturated rings. The molecule has 3 rings (SSSR count). The van der Waals surface area contributed by atoms with Gasteiger partial charge in [-0.15, -0.1) is 0 Å². The summed E-state index contributed by atoms with van der Waals surface area (Å²) in [7, 11) is 0. The van der Waals surface area contributed by atoms with Crippen molar-refractivity contribution in [3.05, 3.63) is 78.0 Å². The van der Waals surface area contributed by atoms with E-state index >= 15 is 0 Å². The molecule has 0 aliphatic heterocycles. The number of benzene rings is 2. The Kier molecular flexibility index (Phi) is 5.49. The Labute approximate surface area is 153 Å². The van der Waals surface area contributed by atoms with Crippen LogP contribution in [0.4, 0.5) is 17.2 Å². The van der Waals surface area contributed by atoms with Gasteiger partial charge in [0.05, 0.1) is 11.9 Å². The van der Waals surface area contributed by atoms with Gasteiger partial charge in [0.1, 0.15) is 11.6 Å². The second-order valence-corrected chi connectivity index (χ2v) is 6.07. The number of nitrogens with one attached hydrogen (secondary N) is 2. The maximum Gasteiger partial charge on any atom is 0.263 e. The number of aromatic nitrogens is 1. The van der Waals surface area contributed by atoms with Crippen LogP contribution in [0.3, 0.4) is 0 Å². The molecule has 0 unspecified atom stereocenters. The van der Waals surface area contributed by atoms with Crippen molar-refractivity contribution in [3.63, 3.8) is 0 Å². The van der Waals surface area contributed by atoms with E-state index in [0.29, 0.717) is 11.6 Å². The van der Waals surface area contributed by atoms with Crippen molar-refractivity contribution in [3.8, 4) is 5.75 Å². The van der Waals surface area contributed by atoms with E-state index in [2.05, 4.69) is 15.6 Å². The number of pyridine rings is 1. The predicted molar refractivity (Wildman–Crippen MR) is 104 cm³/mol. The largest absolute Gasteiger partial charge is 0.484 e. The highest BCUT2D eigenvalue weighted by Gasteiger charge is 2.05. The van der Waals surface area contributed by atoms with Crippen LogP contribution in [0, 0.1) is 13.8 Å². The van der Waals surface area contributed by atoms with Crippen molar-refractivity contribution in [2.75, 3.05) is 17.2 Å². The van der Waals surface area contributed by atoms with Crippen LogP contribution in [0.1, 0.15) is 11.1 Å². The standard InChI is InChI=1S/C21H21N3O2/c1-15-3-7-17(8-4-15)23-18-9-12-20(22-13-18)24-21(25)14-26-19-10-5-16(2)6-11-19/h3-13,23H,14H2,1-2H3,(H,22,24,25). The summed E-state index contributed by atoms with van der Waals surface area (Å²) in [5, 5.41) is 5.98. The summed E-state index contributed by atoms with van der Waals surface area (Å²) in [4.78, 5) is 16.2. The first-order chi connectivity index (χ1) is 12.6. The van der Waals surface area contributed by atoms with Crippen LogP contribution >= 0.6 is 0 Å². The minimum atomic E-state index is -0.252. The molecule has 2 aromatic carbocycles. The van der Waals surface area contributed by atoms with Crippen LogP contribution in [0.2, 0.25) is 0 Å². The fourth-order valence-electron chi connectivity index (χ4n) is 2.31. The van der Waals surface area contributed by atoms with Gasteiger partial charge in [-0.2, -0.15) is 0 Å². The number of aryl methyl sites for hydroxylation is 2. The molecular formula is C21H21N3O2. The minimum absolute atomic E-state index is 0.0614. The molecule has 0 aliphatic carbocycles. The molecule has 1 heterocycles. The Morgan fingerprint density at radius 1 is 0.885 bits per heavy atom. The van der Waals surface area contributed by atoms with Crippen molar-refractivity contribution in [1.82, 2.24) is 4.98 Å². The van der Waals surface area contributed by atoms with Gasteiger partial charge < -0.3 is 15.4 Å². The molecule has 0 bridgehead atoms. The minimum Gasteiger partial charge on any atom is -0.484 e. The number of amides is 1. The SMILES string of the molecule is Cc1ccc(Nc2ccc(NC(=O)COc3ccc(C)cc3)nc2)cc1. The van der Waals surface area contributed by atoms with E-state index in [-0.39, 0.29) is 12.5 Å². The van der Waals surface area contributed by atoms with E-state index in [4.69, 9.17) is 4.74 Å². The predicted octanol–water partition coefficient (Wildman–Crippen LogP) is 4.46. The molecule has 0 atom stereocenters. The van der Waals surface area contributed by atoms with Gasteiger partial charge in [0.2, 0.25) is 0 Å². The normalized spacial score (nSPS) is 10.2. The highest BCUT2D eigenvalue weighted by molar-refractivity contribution is 5.91. The molecular weight excluding hydrogens is 326 g/mol. The fourth-order valence-corrected chi connectivity index (χ4v) is 2.31. The van der Waals surface area contributed by atoms with E-state index in [9.17, 15) is 4.79 Å². The van der Waals surface area contributed by atoms with Crippen molar-refractivity contribution in [2.45, 2.75) is 13.8 Å². The third-order valence-corrected chi connectivity index (χ3v) is 3.76. The Morgan fingerprint density at radius 2 is 1.50 bits per heavy atom. The number of ether oxygens (including phenoxy) is 1. The number of rotatable bonds is 6. The fraction of sp³-hybridized carbons (Fsp3) is 0.143. The molecule has 26 heavy (non-hydrogen) atoms. The summed E-state index contributed by atoms with van der Waals surface area (Å²) >= 11 is 0. The molecule has 1 amide bonds. The lowest BCUT2D eigenvalue weighted by Crippen LogP contribution is -2.20. The van der Waals surface area contributed by atoms with E-state index in [1.807, 2.05) is 68.4 Å². The van der Waals surface area contributed by atoms with Crippen LogP contribution < -0.4 is 15.4 Å². The molecule has 5 heteroatoms. The first kappa shape index (κ1) is 17.5. The second-order valence-electron chi connectivity index (χ2n) is 6.07. The quantitative estimate of drug-likeness (QED) is 0.691. The van der Waals surface area contributed by atoms with E-state index in [1.54, 1.807) is 12.3 Å². The van der Waals surface area contributed by atoms with Gasteiger partial charge in [0, 0.05) is 5.69 Å². The van der Waals surface area contributed by atoms with Crippen molar-refractivity contribution in [1.29, 1.82) is 0 Å². The molecule has 0 aliphatic rings. The van der Waals surface area contributed by atoms with Crippen LogP contribution in [0.15, 0.2) is 66.9 Å². The average molecular weight is 347 g/mol. The summed E-state index contributed by atoms with van der Waals surface area (Å²) in [5.41, 5.74) is 4.19. The third-order valence-electron chi connectivity index (χ3n) is 3.76. The summed E-state index contributed by atoms with van der Waals surface area (Å²) < 4.78 is 5.46. The van der Waals surface area contributed by atoms with E-state index < -0.39 is 0 Å². The smallest absolute Gasteiger partial charge is 0.263 e. The van der Waals surface area contributed by atoms with Gasteiger partial charge in [0.25, 0.3) is 5.91 Å². The molecule has 3 aromatic rings. The Bertz CT molecular complexity index is 857. The monoisotopic (exact) mass is 347 g/mol. The first-order valence-electron chi connectivity index (χ1n) is 8.37. The Hall–Kier alpha value is -3.34. The molecule has 0 saturated heterocycles. The number of carbonyl (C=O) groups excluding carboxylic acids is 1. The molecule has 2 N–H and O–H groups in total. The summed E-state index contributed by atoms with van der Waals surface area (Å²) in [6.07, 6.45) is 1.68. The highest BCUT2D eigenvalue weighted by Crippen LogP contribution is 2.17. The van der Waals surface area contributed by atoms with Crippen LogP contribution in [0.5, 0.6) is 5.75 Å². The van der Waals surface area contributed by atoms with Gasteiger partial charge >= 0.3 is 0 Å². The maximum absolute atomic E-state index is 12.0. The summed E-state index contributed by atoms with van der Waals surface area (Å²) in [6.45, 7) is 3.99. The maximum atomic E-state index is 12.0. The number of hydrogen-bond donors (Lipinski definition) is 2. The van der Waals surface area contributed by atoms with Gasteiger partial charge in [-0.25, -0.2) is 4.98 Å². The topological polar surface area (TPSA) is 63.2 Å². The molecule has 0 spiro atoms. The van der Waals surface area contributed by atoms with Crippen molar-refractivity contribution < 1.29 is 9.53 Å². The van der Waals surface area contributed by atoms with Crippen LogP contribution in [-0.4, -0.2) is 17.5 Å².